The minimum atomic E-state index is -0.967. The number of carbonyl (C=O) groups excluding carboxylic acids is 1. The fraction of sp³-hybridized carbons (Fsp3) is 0.100. The van der Waals surface area contributed by atoms with Crippen LogP contribution in [-0.4, -0.2) is 15.6 Å². The fourth-order valence-corrected chi connectivity index (χ4v) is 1.60. The van der Waals surface area contributed by atoms with Crippen molar-refractivity contribution in [1.82, 2.24) is 9.55 Å². The molecule has 1 amide bonds. The maximum atomic E-state index is 11.5. The summed E-state index contributed by atoms with van der Waals surface area (Å²) < 4.78 is 0.668. The number of nitrogens with two attached hydrogens (primary N) is 1. The van der Waals surface area contributed by atoms with Gasteiger partial charge in [-0.25, -0.2) is 9.36 Å². The topological polar surface area (TPSA) is 97.9 Å². The number of nitrogens with zero attached hydrogens (tertiary/aromatic N) is 1. The van der Waals surface area contributed by atoms with Gasteiger partial charge in [-0.15, -0.1) is 0 Å². The number of benzene rings is 1. The molecule has 0 radical (unpaired) electrons. The van der Waals surface area contributed by atoms with Gasteiger partial charge in [0.2, 0.25) is 0 Å². The predicted octanol–water partition coefficient (Wildman–Crippen LogP) is -0.0750. The van der Waals surface area contributed by atoms with Gasteiger partial charge in [-0.3, -0.25) is 9.59 Å². The van der Waals surface area contributed by atoms with Crippen LogP contribution >= 0.6 is 0 Å². The van der Waals surface area contributed by atoms with Gasteiger partial charge in [0, 0.05) is 0 Å². The SMILES string of the molecule is Cc1cccc2c1[nH]c(=O)c(=O)n2C(N)=O. The maximum absolute atomic E-state index is 11.5. The van der Waals surface area contributed by atoms with E-state index >= 15 is 0 Å². The number of aryl methyl sites for hydroxylation is 1. The summed E-state index contributed by atoms with van der Waals surface area (Å²) in [5.74, 6) is 0. The van der Waals surface area contributed by atoms with Gasteiger partial charge in [0.15, 0.2) is 0 Å². The zero-order valence-corrected chi connectivity index (χ0v) is 8.48. The van der Waals surface area contributed by atoms with Crippen LogP contribution in [0.15, 0.2) is 27.8 Å². The van der Waals surface area contributed by atoms with Crippen molar-refractivity contribution in [2.24, 2.45) is 5.73 Å². The highest BCUT2D eigenvalue weighted by atomic mass is 16.2. The van der Waals surface area contributed by atoms with Crippen LogP contribution in [0.25, 0.3) is 11.0 Å². The molecular formula is C10H9N3O3. The molecule has 0 aliphatic heterocycles. The van der Waals surface area contributed by atoms with E-state index in [0.717, 1.165) is 5.56 Å². The Hall–Kier alpha value is -2.37. The molecule has 0 spiro atoms. The molecule has 0 aliphatic carbocycles. The fourth-order valence-electron chi connectivity index (χ4n) is 1.60. The molecule has 0 fully saturated rings. The lowest BCUT2D eigenvalue weighted by Gasteiger charge is -2.06. The van der Waals surface area contributed by atoms with Gasteiger partial charge in [0.1, 0.15) is 0 Å². The molecule has 0 saturated carbocycles. The zero-order chi connectivity index (χ0) is 11.9. The van der Waals surface area contributed by atoms with Crippen LogP contribution in [0, 0.1) is 6.92 Å². The zero-order valence-electron chi connectivity index (χ0n) is 8.48. The Morgan fingerprint density at radius 3 is 2.69 bits per heavy atom. The van der Waals surface area contributed by atoms with E-state index < -0.39 is 17.1 Å². The second-order valence-corrected chi connectivity index (χ2v) is 3.40. The number of para-hydroxylation sites is 1. The number of rotatable bonds is 0. The molecule has 1 heterocycles. The van der Waals surface area contributed by atoms with Crippen LogP contribution in [0.2, 0.25) is 0 Å². The second kappa shape index (κ2) is 3.34. The highest BCUT2D eigenvalue weighted by Gasteiger charge is 2.11. The van der Waals surface area contributed by atoms with Gasteiger partial charge in [0.25, 0.3) is 0 Å². The number of aromatic amines is 1. The Morgan fingerprint density at radius 2 is 2.06 bits per heavy atom. The van der Waals surface area contributed by atoms with Crippen molar-refractivity contribution >= 4 is 17.1 Å². The highest BCUT2D eigenvalue weighted by Crippen LogP contribution is 2.12. The smallest absolute Gasteiger partial charge is 0.326 e. The van der Waals surface area contributed by atoms with E-state index in [-0.39, 0.29) is 0 Å². The number of carbonyl (C=O) groups is 1. The number of H-pyrrole nitrogens is 1. The monoisotopic (exact) mass is 219 g/mol. The largest absolute Gasteiger partial charge is 0.351 e. The second-order valence-electron chi connectivity index (χ2n) is 3.40. The molecule has 1 aromatic heterocycles. The summed E-state index contributed by atoms with van der Waals surface area (Å²) in [6.07, 6.45) is 0. The third kappa shape index (κ3) is 1.31. The van der Waals surface area contributed by atoms with Crippen LogP contribution in [0.1, 0.15) is 5.56 Å². The number of hydrogen-bond donors (Lipinski definition) is 2. The lowest BCUT2D eigenvalue weighted by molar-refractivity contribution is 0.250. The quantitative estimate of drug-likeness (QED) is 0.606. The van der Waals surface area contributed by atoms with E-state index in [1.54, 1.807) is 25.1 Å². The first-order chi connectivity index (χ1) is 7.52. The summed E-state index contributed by atoms with van der Waals surface area (Å²) in [6.45, 7) is 1.76. The first-order valence-electron chi connectivity index (χ1n) is 4.57. The third-order valence-corrected chi connectivity index (χ3v) is 2.35. The highest BCUT2D eigenvalue weighted by molar-refractivity contribution is 5.88. The van der Waals surface area contributed by atoms with Crippen molar-refractivity contribution in [2.45, 2.75) is 6.92 Å². The normalized spacial score (nSPS) is 10.6. The summed E-state index contributed by atoms with van der Waals surface area (Å²) in [7, 11) is 0. The first kappa shape index (κ1) is 10.2. The molecule has 2 aromatic rings. The van der Waals surface area contributed by atoms with Gasteiger partial charge in [0.05, 0.1) is 11.0 Å². The van der Waals surface area contributed by atoms with Crippen molar-refractivity contribution in [3.8, 4) is 0 Å². The molecular weight excluding hydrogens is 210 g/mol. The molecule has 6 nitrogen and oxygen atoms in total. The van der Waals surface area contributed by atoms with E-state index in [2.05, 4.69) is 4.98 Å². The Kier molecular flexibility index (Phi) is 2.12. The Labute approximate surface area is 89.3 Å². The van der Waals surface area contributed by atoms with Crippen molar-refractivity contribution in [1.29, 1.82) is 0 Å². The van der Waals surface area contributed by atoms with E-state index in [0.29, 0.717) is 15.6 Å². The van der Waals surface area contributed by atoms with E-state index in [9.17, 15) is 14.4 Å². The molecule has 16 heavy (non-hydrogen) atoms. The van der Waals surface area contributed by atoms with Crippen LogP contribution in [0.3, 0.4) is 0 Å². The number of amides is 1. The maximum Gasteiger partial charge on any atom is 0.326 e. The van der Waals surface area contributed by atoms with Crippen LogP contribution in [-0.2, 0) is 0 Å². The summed E-state index contributed by atoms with van der Waals surface area (Å²) in [4.78, 5) is 36.3. The van der Waals surface area contributed by atoms with Crippen LogP contribution in [0.4, 0.5) is 4.79 Å². The lowest BCUT2D eigenvalue weighted by Crippen LogP contribution is -2.42. The Balaban J connectivity index is 3.13. The minimum absolute atomic E-state index is 0.303. The minimum Gasteiger partial charge on any atom is -0.351 e. The molecule has 3 N–H and O–H groups in total. The van der Waals surface area contributed by atoms with Crippen molar-refractivity contribution in [2.75, 3.05) is 0 Å². The molecule has 0 aliphatic rings. The third-order valence-electron chi connectivity index (χ3n) is 2.35. The average molecular weight is 219 g/mol. The van der Waals surface area contributed by atoms with Crippen molar-refractivity contribution in [3.05, 3.63) is 44.5 Å². The van der Waals surface area contributed by atoms with Gasteiger partial charge in [-0.1, -0.05) is 12.1 Å². The van der Waals surface area contributed by atoms with E-state index in [4.69, 9.17) is 5.73 Å². The van der Waals surface area contributed by atoms with Crippen molar-refractivity contribution in [3.63, 3.8) is 0 Å². The summed E-state index contributed by atoms with van der Waals surface area (Å²) >= 11 is 0. The molecule has 0 atom stereocenters. The van der Waals surface area contributed by atoms with Gasteiger partial charge >= 0.3 is 17.1 Å². The molecule has 82 valence electrons. The van der Waals surface area contributed by atoms with Crippen molar-refractivity contribution < 1.29 is 4.79 Å². The number of fused-ring (bicyclic) bond motifs is 1. The molecule has 2 rings (SSSR count). The first-order valence-corrected chi connectivity index (χ1v) is 4.57. The number of nitrogens with one attached hydrogen (secondary N) is 1. The summed E-state index contributed by atoms with van der Waals surface area (Å²) in [6, 6.07) is 4.01. The van der Waals surface area contributed by atoms with Crippen LogP contribution in [0.5, 0.6) is 0 Å². The number of primary amides is 1. The molecule has 0 unspecified atom stereocenters. The Bertz CT molecular complexity index is 697. The van der Waals surface area contributed by atoms with Gasteiger partial charge < -0.3 is 10.7 Å². The van der Waals surface area contributed by atoms with Gasteiger partial charge in [-0.2, -0.15) is 0 Å². The van der Waals surface area contributed by atoms with Crippen LogP contribution < -0.4 is 16.9 Å². The molecule has 0 saturated heterocycles. The Morgan fingerprint density at radius 1 is 1.38 bits per heavy atom. The van der Waals surface area contributed by atoms with E-state index in [1.807, 2.05) is 0 Å². The molecule has 0 bridgehead atoms. The summed E-state index contributed by atoms with van der Waals surface area (Å²) in [5.41, 5.74) is 4.74. The summed E-state index contributed by atoms with van der Waals surface area (Å²) in [5, 5.41) is 0. The molecule has 6 heteroatoms. The van der Waals surface area contributed by atoms with Gasteiger partial charge in [-0.05, 0) is 18.6 Å². The average Bonchev–Trinajstić information content (AvgIpc) is 2.21. The number of hydrogen-bond acceptors (Lipinski definition) is 3. The number of aromatic nitrogens is 2. The lowest BCUT2D eigenvalue weighted by atomic mass is 10.2. The van der Waals surface area contributed by atoms with E-state index in [1.165, 1.54) is 0 Å². The predicted molar refractivity (Wildman–Crippen MR) is 58.5 cm³/mol. The molecule has 1 aromatic carbocycles. The standard InChI is InChI=1S/C10H9N3O3/c1-5-3-2-4-6-7(5)12-8(14)9(15)13(6)10(11)16/h2-4H,1H3,(H2,11,16)(H,12,14).